The number of fused-ring (bicyclic) bond motifs is 1. The molecule has 4 rings (SSSR count). The maximum Gasteiger partial charge on any atom is 0.307 e. The lowest BCUT2D eigenvalue weighted by Crippen LogP contribution is -2.16. The standard InChI is InChI=1S/C26H23BrN2O4/c1-3-31-21-8-10-23-20(13-21)14-25(33-23)26(30)29-28-15-18-7-9-24(22(27)12-18)32-16-19-6-4-5-17(2)11-19/h4-15H,3,16H2,1-2H3,(H,29,30)/b28-15+. The normalized spacial score (nSPS) is 11.1. The van der Waals surface area contributed by atoms with Crippen molar-refractivity contribution in [2.45, 2.75) is 20.5 Å². The summed E-state index contributed by atoms with van der Waals surface area (Å²) in [5.74, 6) is 1.20. The lowest BCUT2D eigenvalue weighted by molar-refractivity contribution is 0.0929. The first kappa shape index (κ1) is 22.6. The Labute approximate surface area is 200 Å². The van der Waals surface area contributed by atoms with E-state index < -0.39 is 5.91 Å². The number of benzene rings is 3. The van der Waals surface area contributed by atoms with Gasteiger partial charge in [-0.15, -0.1) is 0 Å². The topological polar surface area (TPSA) is 73.1 Å². The van der Waals surface area contributed by atoms with Crippen molar-refractivity contribution < 1.29 is 18.7 Å². The number of halogens is 1. The molecule has 1 N–H and O–H groups in total. The molecule has 7 heteroatoms. The van der Waals surface area contributed by atoms with Gasteiger partial charge >= 0.3 is 5.91 Å². The van der Waals surface area contributed by atoms with Crippen LogP contribution in [-0.2, 0) is 6.61 Å². The number of ether oxygens (including phenoxy) is 2. The van der Waals surface area contributed by atoms with Crippen molar-refractivity contribution in [2.75, 3.05) is 6.61 Å². The number of carbonyl (C=O) groups excluding carboxylic acids is 1. The summed E-state index contributed by atoms with van der Waals surface area (Å²) in [6, 6.07) is 20.9. The zero-order valence-corrected chi connectivity index (χ0v) is 19.9. The van der Waals surface area contributed by atoms with Gasteiger partial charge in [0, 0.05) is 5.39 Å². The Morgan fingerprint density at radius 2 is 1.97 bits per heavy atom. The van der Waals surface area contributed by atoms with E-state index in [9.17, 15) is 4.79 Å². The van der Waals surface area contributed by atoms with E-state index in [0.29, 0.717) is 18.8 Å². The Morgan fingerprint density at radius 3 is 2.76 bits per heavy atom. The molecule has 0 spiro atoms. The Bertz CT molecular complexity index is 1310. The molecule has 0 radical (unpaired) electrons. The van der Waals surface area contributed by atoms with Crippen LogP contribution in [0.4, 0.5) is 0 Å². The molecule has 0 aliphatic rings. The monoisotopic (exact) mass is 506 g/mol. The van der Waals surface area contributed by atoms with Gasteiger partial charge < -0.3 is 13.9 Å². The number of hydrogen-bond donors (Lipinski definition) is 1. The molecule has 3 aromatic carbocycles. The van der Waals surface area contributed by atoms with E-state index in [4.69, 9.17) is 13.9 Å². The minimum atomic E-state index is -0.433. The smallest absolute Gasteiger partial charge is 0.307 e. The number of hydrazone groups is 1. The molecule has 0 aliphatic heterocycles. The highest BCUT2D eigenvalue weighted by Crippen LogP contribution is 2.27. The highest BCUT2D eigenvalue weighted by Gasteiger charge is 2.12. The van der Waals surface area contributed by atoms with Gasteiger partial charge in [-0.1, -0.05) is 29.8 Å². The zero-order valence-electron chi connectivity index (χ0n) is 18.3. The van der Waals surface area contributed by atoms with Crippen LogP contribution in [0.1, 0.15) is 34.2 Å². The Hall–Kier alpha value is -3.58. The lowest BCUT2D eigenvalue weighted by atomic mass is 10.1. The van der Waals surface area contributed by atoms with Gasteiger partial charge in [-0.25, -0.2) is 5.43 Å². The van der Waals surface area contributed by atoms with Gasteiger partial charge in [0.05, 0.1) is 17.3 Å². The van der Waals surface area contributed by atoms with Crippen LogP contribution in [0.3, 0.4) is 0 Å². The van der Waals surface area contributed by atoms with E-state index in [0.717, 1.165) is 32.5 Å². The summed E-state index contributed by atoms with van der Waals surface area (Å²) >= 11 is 3.53. The quantitative estimate of drug-likeness (QED) is 0.226. The third-order valence-corrected chi connectivity index (χ3v) is 5.45. The molecule has 1 aromatic heterocycles. The van der Waals surface area contributed by atoms with Gasteiger partial charge in [0.1, 0.15) is 23.7 Å². The third kappa shape index (κ3) is 5.81. The molecule has 0 aliphatic carbocycles. The van der Waals surface area contributed by atoms with E-state index in [1.54, 1.807) is 24.4 Å². The number of rotatable bonds is 8. The highest BCUT2D eigenvalue weighted by molar-refractivity contribution is 9.10. The van der Waals surface area contributed by atoms with Gasteiger partial charge in [-0.3, -0.25) is 4.79 Å². The number of nitrogens with one attached hydrogen (secondary N) is 1. The van der Waals surface area contributed by atoms with Gasteiger partial charge in [-0.2, -0.15) is 5.10 Å². The molecule has 4 aromatic rings. The second-order valence-corrected chi connectivity index (χ2v) is 8.26. The lowest BCUT2D eigenvalue weighted by Gasteiger charge is -2.09. The first-order valence-corrected chi connectivity index (χ1v) is 11.3. The largest absolute Gasteiger partial charge is 0.494 e. The molecular formula is C26H23BrN2O4. The fourth-order valence-electron chi connectivity index (χ4n) is 3.29. The molecule has 33 heavy (non-hydrogen) atoms. The molecule has 168 valence electrons. The van der Waals surface area contributed by atoms with Gasteiger partial charge in [-0.05, 0) is 83.4 Å². The number of carbonyl (C=O) groups is 1. The van der Waals surface area contributed by atoms with Crippen LogP contribution in [-0.4, -0.2) is 18.7 Å². The van der Waals surface area contributed by atoms with Crippen molar-refractivity contribution in [1.29, 1.82) is 0 Å². The molecule has 1 heterocycles. The van der Waals surface area contributed by atoms with Crippen LogP contribution in [0, 0.1) is 6.92 Å². The average Bonchev–Trinajstić information content (AvgIpc) is 3.22. The SMILES string of the molecule is CCOc1ccc2oc(C(=O)N/N=C/c3ccc(OCc4cccc(C)c4)c(Br)c3)cc2c1. The molecule has 6 nitrogen and oxygen atoms in total. The van der Waals surface area contributed by atoms with Crippen LogP contribution in [0.2, 0.25) is 0 Å². The Balaban J connectivity index is 1.36. The van der Waals surface area contributed by atoms with Crippen LogP contribution in [0.15, 0.2) is 80.7 Å². The number of nitrogens with zero attached hydrogens (tertiary/aromatic N) is 1. The molecule has 0 atom stereocenters. The van der Waals surface area contributed by atoms with Crippen molar-refractivity contribution in [3.05, 3.63) is 93.7 Å². The molecule has 0 saturated heterocycles. The third-order valence-electron chi connectivity index (χ3n) is 4.84. The maximum absolute atomic E-state index is 12.4. The first-order chi connectivity index (χ1) is 16.0. The van der Waals surface area contributed by atoms with Crippen LogP contribution < -0.4 is 14.9 Å². The molecule has 1 amide bonds. The van der Waals surface area contributed by atoms with E-state index in [1.165, 1.54) is 5.56 Å². The number of amides is 1. The van der Waals surface area contributed by atoms with Gasteiger partial charge in [0.15, 0.2) is 5.76 Å². The summed E-state index contributed by atoms with van der Waals surface area (Å²) in [6.07, 6.45) is 1.56. The molecule has 0 bridgehead atoms. The second kappa shape index (κ2) is 10.4. The molecular weight excluding hydrogens is 484 g/mol. The van der Waals surface area contributed by atoms with Crippen LogP contribution in [0.25, 0.3) is 11.0 Å². The molecule has 0 unspecified atom stereocenters. The predicted octanol–water partition coefficient (Wildman–Crippen LogP) is 6.25. The fourth-order valence-corrected chi connectivity index (χ4v) is 3.80. The summed E-state index contributed by atoms with van der Waals surface area (Å²) < 4.78 is 17.8. The van der Waals surface area contributed by atoms with Gasteiger partial charge in [0.2, 0.25) is 0 Å². The zero-order chi connectivity index (χ0) is 23.2. The van der Waals surface area contributed by atoms with Crippen molar-refractivity contribution in [3.63, 3.8) is 0 Å². The summed E-state index contributed by atoms with van der Waals surface area (Å²) in [7, 11) is 0. The highest BCUT2D eigenvalue weighted by atomic mass is 79.9. The summed E-state index contributed by atoms with van der Waals surface area (Å²) in [5.41, 5.74) is 6.21. The van der Waals surface area contributed by atoms with Crippen molar-refractivity contribution >= 4 is 39.0 Å². The predicted molar refractivity (Wildman–Crippen MR) is 132 cm³/mol. The van der Waals surface area contributed by atoms with Crippen molar-refractivity contribution in [1.82, 2.24) is 5.43 Å². The first-order valence-electron chi connectivity index (χ1n) is 10.5. The van der Waals surface area contributed by atoms with E-state index in [2.05, 4.69) is 45.5 Å². The molecule has 0 saturated carbocycles. The van der Waals surface area contributed by atoms with Crippen molar-refractivity contribution in [2.24, 2.45) is 5.10 Å². The van der Waals surface area contributed by atoms with Crippen molar-refractivity contribution in [3.8, 4) is 11.5 Å². The number of aryl methyl sites for hydroxylation is 1. The second-order valence-electron chi connectivity index (χ2n) is 7.41. The van der Waals surface area contributed by atoms with E-state index in [-0.39, 0.29) is 5.76 Å². The Kier molecular flexibility index (Phi) is 7.10. The molecule has 0 fully saturated rings. The Morgan fingerprint density at radius 1 is 1.09 bits per heavy atom. The summed E-state index contributed by atoms with van der Waals surface area (Å²) in [4.78, 5) is 12.4. The van der Waals surface area contributed by atoms with E-state index in [1.807, 2.05) is 43.3 Å². The van der Waals surface area contributed by atoms with Crippen LogP contribution >= 0.6 is 15.9 Å². The van der Waals surface area contributed by atoms with Crippen LogP contribution in [0.5, 0.6) is 11.5 Å². The average molecular weight is 507 g/mol. The van der Waals surface area contributed by atoms with E-state index >= 15 is 0 Å². The number of furan rings is 1. The fraction of sp³-hybridized carbons (Fsp3) is 0.154. The minimum absolute atomic E-state index is 0.178. The summed E-state index contributed by atoms with van der Waals surface area (Å²) in [6.45, 7) is 5.02. The summed E-state index contributed by atoms with van der Waals surface area (Å²) in [5, 5.41) is 4.83. The number of hydrogen-bond acceptors (Lipinski definition) is 5. The minimum Gasteiger partial charge on any atom is -0.494 e. The maximum atomic E-state index is 12.4. The van der Waals surface area contributed by atoms with Gasteiger partial charge in [0.25, 0.3) is 0 Å².